The van der Waals surface area contributed by atoms with Gasteiger partial charge in [0.05, 0.1) is 5.69 Å². The van der Waals surface area contributed by atoms with Crippen LogP contribution in [0.1, 0.15) is 18.5 Å². The molecule has 6 heteroatoms. The fourth-order valence-corrected chi connectivity index (χ4v) is 2.71. The van der Waals surface area contributed by atoms with Gasteiger partial charge >= 0.3 is 0 Å². The normalized spacial score (nSPS) is 11.8. The first-order valence-corrected chi connectivity index (χ1v) is 8.72. The Kier molecular flexibility index (Phi) is 5.76. The van der Waals surface area contributed by atoms with Crippen molar-refractivity contribution in [2.45, 2.75) is 19.4 Å². The zero-order valence-electron chi connectivity index (χ0n) is 14.9. The molecule has 0 saturated heterocycles. The number of amides is 1. The third-order valence-corrected chi connectivity index (χ3v) is 4.27. The summed E-state index contributed by atoms with van der Waals surface area (Å²) in [5.74, 6) is -0.586. The van der Waals surface area contributed by atoms with E-state index >= 15 is 0 Å². The van der Waals surface area contributed by atoms with Gasteiger partial charge < -0.3 is 5.32 Å². The summed E-state index contributed by atoms with van der Waals surface area (Å²) >= 11 is 0. The van der Waals surface area contributed by atoms with E-state index in [1.807, 2.05) is 30.3 Å². The topological polar surface area (TPSA) is 64.0 Å². The van der Waals surface area contributed by atoms with Crippen LogP contribution in [0.5, 0.6) is 0 Å². The van der Waals surface area contributed by atoms with Gasteiger partial charge in [-0.25, -0.2) is 9.07 Å². The lowest BCUT2D eigenvalue weighted by atomic mass is 10.1. The first-order valence-electron chi connectivity index (χ1n) is 8.72. The second kappa shape index (κ2) is 8.40. The average molecular weight is 365 g/mol. The Hall–Kier alpha value is -3.28. The number of carbonyl (C=O) groups excluding carboxylic acids is 1. The number of carbonyl (C=O) groups is 1. The van der Waals surface area contributed by atoms with Crippen molar-refractivity contribution in [1.29, 1.82) is 0 Å². The molecular weight excluding hydrogens is 345 g/mol. The summed E-state index contributed by atoms with van der Waals surface area (Å²) in [4.78, 5) is 24.6. The monoisotopic (exact) mass is 365 g/mol. The van der Waals surface area contributed by atoms with E-state index in [9.17, 15) is 14.0 Å². The van der Waals surface area contributed by atoms with Crippen molar-refractivity contribution < 1.29 is 9.18 Å². The standard InChI is InChI=1S/C21H20FN3O2/c1-15(21(27)23-14-13-16-7-9-18(22)10-8-16)25-20(26)12-11-19(24-25)17-5-3-2-4-6-17/h2-12,15H,13-14H2,1H3,(H,23,27). The highest BCUT2D eigenvalue weighted by Crippen LogP contribution is 2.15. The highest BCUT2D eigenvalue weighted by atomic mass is 19.1. The molecule has 0 aliphatic carbocycles. The molecule has 5 nitrogen and oxygen atoms in total. The number of rotatable bonds is 6. The van der Waals surface area contributed by atoms with Crippen molar-refractivity contribution in [3.8, 4) is 11.3 Å². The Morgan fingerprint density at radius 3 is 2.48 bits per heavy atom. The van der Waals surface area contributed by atoms with E-state index in [4.69, 9.17) is 0 Å². The Balaban J connectivity index is 1.67. The maximum Gasteiger partial charge on any atom is 0.267 e. The number of hydrogen-bond acceptors (Lipinski definition) is 3. The largest absolute Gasteiger partial charge is 0.354 e. The van der Waals surface area contributed by atoms with Gasteiger partial charge in [0, 0.05) is 18.2 Å². The summed E-state index contributed by atoms with van der Waals surface area (Å²) in [6.07, 6.45) is 0.575. The van der Waals surface area contributed by atoms with Crippen LogP contribution in [0.3, 0.4) is 0 Å². The van der Waals surface area contributed by atoms with Crippen molar-refractivity contribution in [2.75, 3.05) is 6.54 Å². The molecule has 1 amide bonds. The van der Waals surface area contributed by atoms with Gasteiger partial charge in [-0.2, -0.15) is 5.10 Å². The van der Waals surface area contributed by atoms with Gasteiger partial charge in [-0.05, 0) is 37.1 Å². The molecule has 27 heavy (non-hydrogen) atoms. The van der Waals surface area contributed by atoms with E-state index < -0.39 is 6.04 Å². The summed E-state index contributed by atoms with van der Waals surface area (Å²) in [5.41, 5.74) is 2.08. The fraction of sp³-hybridized carbons (Fsp3) is 0.190. The molecule has 1 atom stereocenters. The van der Waals surface area contributed by atoms with E-state index in [1.165, 1.54) is 22.9 Å². The molecule has 1 unspecified atom stereocenters. The number of aromatic nitrogens is 2. The van der Waals surface area contributed by atoms with Gasteiger partial charge in [0.2, 0.25) is 5.91 Å². The molecular formula is C21H20FN3O2. The Labute approximate surface area is 156 Å². The Morgan fingerprint density at radius 1 is 1.07 bits per heavy atom. The fourth-order valence-electron chi connectivity index (χ4n) is 2.71. The third kappa shape index (κ3) is 4.67. The lowest BCUT2D eigenvalue weighted by Crippen LogP contribution is -2.37. The molecule has 0 radical (unpaired) electrons. The van der Waals surface area contributed by atoms with E-state index in [0.29, 0.717) is 18.7 Å². The summed E-state index contributed by atoms with van der Waals surface area (Å²) in [6, 6.07) is 17.9. The lowest BCUT2D eigenvalue weighted by molar-refractivity contribution is -0.124. The molecule has 0 fully saturated rings. The average Bonchev–Trinajstić information content (AvgIpc) is 2.70. The molecule has 0 bridgehead atoms. The van der Waals surface area contributed by atoms with Gasteiger partial charge in [-0.15, -0.1) is 0 Å². The summed E-state index contributed by atoms with van der Waals surface area (Å²) in [5, 5.41) is 7.14. The molecule has 0 saturated carbocycles. The maximum atomic E-state index is 12.9. The summed E-state index contributed by atoms with van der Waals surface area (Å²) in [7, 11) is 0. The second-order valence-electron chi connectivity index (χ2n) is 6.21. The van der Waals surface area contributed by atoms with Gasteiger partial charge in [-0.1, -0.05) is 42.5 Å². The number of nitrogens with one attached hydrogen (secondary N) is 1. The minimum absolute atomic E-state index is 0.292. The SMILES string of the molecule is CC(C(=O)NCCc1ccc(F)cc1)n1nc(-c2ccccc2)ccc1=O. The molecule has 3 aromatic rings. The zero-order valence-corrected chi connectivity index (χ0v) is 14.9. The predicted octanol–water partition coefficient (Wildman–Crippen LogP) is 2.97. The predicted molar refractivity (Wildman–Crippen MR) is 102 cm³/mol. The smallest absolute Gasteiger partial charge is 0.267 e. The molecule has 1 heterocycles. The summed E-state index contributed by atoms with van der Waals surface area (Å²) < 4.78 is 14.1. The van der Waals surface area contributed by atoms with Crippen LogP contribution in [0.15, 0.2) is 71.5 Å². The quantitative estimate of drug-likeness (QED) is 0.730. The number of halogens is 1. The number of nitrogens with zero attached hydrogens (tertiary/aromatic N) is 2. The van der Waals surface area contributed by atoms with Gasteiger partial charge in [0.1, 0.15) is 11.9 Å². The molecule has 0 aliphatic heterocycles. The summed E-state index contributed by atoms with van der Waals surface area (Å²) in [6.45, 7) is 2.03. The third-order valence-electron chi connectivity index (χ3n) is 4.27. The molecule has 0 spiro atoms. The number of hydrogen-bond donors (Lipinski definition) is 1. The second-order valence-corrected chi connectivity index (χ2v) is 6.21. The Morgan fingerprint density at radius 2 is 1.78 bits per heavy atom. The van der Waals surface area contributed by atoms with Crippen molar-refractivity contribution in [3.63, 3.8) is 0 Å². The zero-order chi connectivity index (χ0) is 19.2. The van der Waals surface area contributed by atoms with Crippen LogP contribution >= 0.6 is 0 Å². The van der Waals surface area contributed by atoms with E-state index in [1.54, 1.807) is 25.1 Å². The van der Waals surface area contributed by atoms with E-state index in [2.05, 4.69) is 10.4 Å². The Bertz CT molecular complexity index is 969. The van der Waals surface area contributed by atoms with Crippen LogP contribution in [0.25, 0.3) is 11.3 Å². The van der Waals surface area contributed by atoms with Gasteiger partial charge in [0.25, 0.3) is 5.56 Å². The van der Waals surface area contributed by atoms with Crippen LogP contribution in [0.4, 0.5) is 4.39 Å². The van der Waals surface area contributed by atoms with Crippen LogP contribution in [-0.4, -0.2) is 22.2 Å². The van der Waals surface area contributed by atoms with Gasteiger partial charge in [-0.3, -0.25) is 9.59 Å². The van der Waals surface area contributed by atoms with Crippen LogP contribution in [0.2, 0.25) is 0 Å². The van der Waals surface area contributed by atoms with Crippen molar-refractivity contribution >= 4 is 5.91 Å². The van der Waals surface area contributed by atoms with Crippen LogP contribution in [-0.2, 0) is 11.2 Å². The first-order chi connectivity index (χ1) is 13.0. The van der Waals surface area contributed by atoms with Crippen molar-refractivity contribution in [1.82, 2.24) is 15.1 Å². The van der Waals surface area contributed by atoms with Crippen molar-refractivity contribution in [3.05, 3.63) is 88.5 Å². The number of benzene rings is 2. The minimum atomic E-state index is -0.741. The molecule has 1 N–H and O–H groups in total. The van der Waals surface area contributed by atoms with Crippen LogP contribution < -0.4 is 10.9 Å². The first kappa shape index (κ1) is 18.5. The highest BCUT2D eigenvalue weighted by Gasteiger charge is 2.17. The van der Waals surface area contributed by atoms with Crippen LogP contribution in [0, 0.1) is 5.82 Å². The minimum Gasteiger partial charge on any atom is -0.354 e. The molecule has 0 aliphatic rings. The highest BCUT2D eigenvalue weighted by molar-refractivity contribution is 5.79. The molecule has 1 aromatic heterocycles. The van der Waals surface area contributed by atoms with Gasteiger partial charge in [0.15, 0.2) is 0 Å². The lowest BCUT2D eigenvalue weighted by Gasteiger charge is -2.15. The maximum absolute atomic E-state index is 12.9. The molecule has 138 valence electrons. The molecule has 3 rings (SSSR count). The van der Waals surface area contributed by atoms with E-state index in [0.717, 1.165) is 11.1 Å². The molecule has 2 aromatic carbocycles. The van der Waals surface area contributed by atoms with E-state index in [-0.39, 0.29) is 17.3 Å². The van der Waals surface area contributed by atoms with Crippen molar-refractivity contribution in [2.24, 2.45) is 0 Å².